The molecular weight excluding hydrogens is 330 g/mol. The number of carbonyl (C=O) groups excluding carboxylic acids is 1. The van der Waals surface area contributed by atoms with Crippen LogP contribution >= 0.6 is 11.9 Å². The summed E-state index contributed by atoms with van der Waals surface area (Å²) in [5.74, 6) is 0. The Labute approximate surface area is 154 Å². The molecule has 2 aromatic rings. The number of anilines is 2. The molecule has 1 heterocycles. The lowest BCUT2D eigenvalue weighted by atomic mass is 10.1. The highest BCUT2D eigenvalue weighted by Crippen LogP contribution is 2.27. The zero-order valence-corrected chi connectivity index (χ0v) is 15.9. The van der Waals surface area contributed by atoms with Crippen molar-refractivity contribution in [2.75, 3.05) is 29.3 Å². The molecule has 1 saturated heterocycles. The van der Waals surface area contributed by atoms with Gasteiger partial charge in [0.2, 0.25) is 0 Å². The van der Waals surface area contributed by atoms with Gasteiger partial charge in [-0.2, -0.15) is 0 Å². The quantitative estimate of drug-likeness (QED) is 0.735. The van der Waals surface area contributed by atoms with Gasteiger partial charge in [-0.15, -0.1) is 0 Å². The second-order valence-electron chi connectivity index (χ2n) is 6.44. The van der Waals surface area contributed by atoms with Crippen molar-refractivity contribution in [1.82, 2.24) is 4.90 Å². The summed E-state index contributed by atoms with van der Waals surface area (Å²) in [5, 5.41) is 0. The Morgan fingerprint density at radius 3 is 2.52 bits per heavy atom. The van der Waals surface area contributed by atoms with Gasteiger partial charge in [-0.3, -0.25) is 4.90 Å². The van der Waals surface area contributed by atoms with E-state index >= 15 is 0 Å². The molecule has 0 unspecified atom stereocenters. The van der Waals surface area contributed by atoms with Gasteiger partial charge in [0.25, 0.3) is 0 Å². The van der Waals surface area contributed by atoms with Crippen LogP contribution in [0.2, 0.25) is 0 Å². The molecule has 1 aliphatic rings. The fraction of sp³-hybridized carbons (Fsp3) is 0.350. The molecule has 4 nitrogen and oxygen atoms in total. The molecule has 5 heteroatoms. The monoisotopic (exact) mass is 355 g/mol. The smallest absolute Gasteiger partial charge is 0.324 e. The molecule has 25 heavy (non-hydrogen) atoms. The van der Waals surface area contributed by atoms with Crippen molar-refractivity contribution in [1.29, 1.82) is 0 Å². The molecule has 0 atom stereocenters. The van der Waals surface area contributed by atoms with Crippen LogP contribution in [-0.2, 0) is 0 Å². The molecule has 132 valence electrons. The van der Waals surface area contributed by atoms with Crippen molar-refractivity contribution >= 4 is 29.4 Å². The van der Waals surface area contributed by atoms with Gasteiger partial charge in [0.1, 0.15) is 0 Å². The van der Waals surface area contributed by atoms with E-state index in [9.17, 15) is 4.79 Å². The molecule has 2 aromatic carbocycles. The summed E-state index contributed by atoms with van der Waals surface area (Å²) in [4.78, 5) is 17.3. The van der Waals surface area contributed by atoms with Gasteiger partial charge in [0, 0.05) is 35.9 Å². The molecule has 0 radical (unpaired) electrons. The number of aryl methyl sites for hydroxylation is 2. The zero-order chi connectivity index (χ0) is 17.8. The van der Waals surface area contributed by atoms with Crippen molar-refractivity contribution in [2.24, 2.45) is 0 Å². The highest BCUT2D eigenvalue weighted by atomic mass is 32.2. The predicted molar refractivity (Wildman–Crippen MR) is 106 cm³/mol. The van der Waals surface area contributed by atoms with Gasteiger partial charge >= 0.3 is 6.03 Å². The molecule has 1 aliphatic heterocycles. The van der Waals surface area contributed by atoms with Crippen molar-refractivity contribution in [3.05, 3.63) is 53.6 Å². The highest BCUT2D eigenvalue weighted by molar-refractivity contribution is 8.00. The molecule has 3 rings (SSSR count). The second-order valence-corrected chi connectivity index (χ2v) is 7.32. The second kappa shape index (κ2) is 7.83. The molecule has 1 fully saturated rings. The van der Waals surface area contributed by atoms with E-state index < -0.39 is 0 Å². The van der Waals surface area contributed by atoms with Crippen LogP contribution in [0, 0.1) is 13.8 Å². The van der Waals surface area contributed by atoms with Crippen molar-refractivity contribution in [3.63, 3.8) is 0 Å². The van der Waals surface area contributed by atoms with E-state index in [2.05, 4.69) is 55.8 Å². The first-order valence-corrected chi connectivity index (χ1v) is 9.56. The van der Waals surface area contributed by atoms with Crippen molar-refractivity contribution in [3.8, 4) is 0 Å². The summed E-state index contributed by atoms with van der Waals surface area (Å²) in [5.41, 5.74) is 4.61. The van der Waals surface area contributed by atoms with E-state index in [1.54, 1.807) is 11.9 Å². The van der Waals surface area contributed by atoms with Crippen LogP contribution in [0.4, 0.5) is 16.2 Å². The number of amides is 2. The third-order valence-electron chi connectivity index (χ3n) is 4.40. The van der Waals surface area contributed by atoms with Crippen LogP contribution in [0.1, 0.15) is 24.5 Å². The summed E-state index contributed by atoms with van der Waals surface area (Å²) in [6, 6.07) is 14.7. The van der Waals surface area contributed by atoms with Gasteiger partial charge in [-0.1, -0.05) is 24.6 Å². The normalized spacial score (nSPS) is 14.3. The molecule has 0 aromatic heterocycles. The number of nitrogens with zero attached hydrogens (tertiary/aromatic N) is 2. The van der Waals surface area contributed by atoms with Gasteiger partial charge < -0.3 is 9.62 Å². The Kier molecular flexibility index (Phi) is 5.53. The van der Waals surface area contributed by atoms with Crippen molar-refractivity contribution < 1.29 is 4.79 Å². The maximum absolute atomic E-state index is 12.4. The predicted octanol–water partition coefficient (Wildman–Crippen LogP) is 5.07. The SMILES string of the molecule is CCCN1CCN(c2ccc(SNc3ccc(C)cc3C)cc2)C1=O. The summed E-state index contributed by atoms with van der Waals surface area (Å²) in [7, 11) is 0. The minimum Gasteiger partial charge on any atom is -0.325 e. The Morgan fingerprint density at radius 1 is 1.08 bits per heavy atom. The first-order chi connectivity index (χ1) is 12.1. The minimum absolute atomic E-state index is 0.121. The van der Waals surface area contributed by atoms with Crippen LogP contribution in [0.25, 0.3) is 0 Å². The fourth-order valence-corrected chi connectivity index (χ4v) is 3.76. The molecule has 0 saturated carbocycles. The Balaban J connectivity index is 1.62. The minimum atomic E-state index is 0.121. The number of hydrogen-bond donors (Lipinski definition) is 1. The lowest BCUT2D eigenvalue weighted by Crippen LogP contribution is -2.32. The lowest BCUT2D eigenvalue weighted by Gasteiger charge is -2.18. The van der Waals surface area contributed by atoms with E-state index in [0.717, 1.165) is 42.3 Å². The number of hydrogen-bond acceptors (Lipinski definition) is 3. The van der Waals surface area contributed by atoms with E-state index in [1.165, 1.54) is 11.1 Å². The number of carbonyl (C=O) groups is 1. The standard InChI is InChI=1S/C20H25N3OS/c1-4-11-22-12-13-23(20(22)24)17-6-8-18(9-7-17)25-21-19-10-5-15(2)14-16(19)3/h5-10,14,21H,4,11-13H2,1-3H3. The lowest BCUT2D eigenvalue weighted by molar-refractivity contribution is 0.220. The summed E-state index contributed by atoms with van der Waals surface area (Å²) in [6.07, 6.45) is 0.999. The van der Waals surface area contributed by atoms with E-state index in [1.807, 2.05) is 21.9 Å². The van der Waals surface area contributed by atoms with E-state index in [4.69, 9.17) is 0 Å². The summed E-state index contributed by atoms with van der Waals surface area (Å²) >= 11 is 1.59. The first-order valence-electron chi connectivity index (χ1n) is 8.75. The molecule has 0 spiro atoms. The maximum Gasteiger partial charge on any atom is 0.324 e. The summed E-state index contributed by atoms with van der Waals surface area (Å²) < 4.78 is 3.41. The van der Waals surface area contributed by atoms with Crippen LogP contribution in [-0.4, -0.2) is 30.6 Å². The highest BCUT2D eigenvalue weighted by Gasteiger charge is 2.28. The van der Waals surface area contributed by atoms with Crippen molar-refractivity contribution in [2.45, 2.75) is 32.1 Å². The average Bonchev–Trinajstić information content (AvgIpc) is 2.96. The molecule has 0 bridgehead atoms. The van der Waals surface area contributed by atoms with Gasteiger partial charge in [-0.25, -0.2) is 4.79 Å². The number of rotatable bonds is 6. The largest absolute Gasteiger partial charge is 0.325 e. The number of urea groups is 1. The zero-order valence-electron chi connectivity index (χ0n) is 15.1. The molecule has 1 N–H and O–H groups in total. The molecular formula is C20H25N3OS. The van der Waals surface area contributed by atoms with Crippen LogP contribution < -0.4 is 9.62 Å². The van der Waals surface area contributed by atoms with Gasteiger partial charge in [0.15, 0.2) is 0 Å². The Hall–Kier alpha value is -2.14. The third-order valence-corrected chi connectivity index (χ3v) is 5.23. The number of benzene rings is 2. The van der Waals surface area contributed by atoms with Crippen LogP contribution in [0.3, 0.4) is 0 Å². The topological polar surface area (TPSA) is 35.6 Å². The van der Waals surface area contributed by atoms with Crippen LogP contribution in [0.15, 0.2) is 47.4 Å². The summed E-state index contributed by atoms with van der Waals surface area (Å²) in [6.45, 7) is 8.74. The first kappa shape index (κ1) is 17.7. The average molecular weight is 356 g/mol. The molecule has 0 aliphatic carbocycles. The molecule has 2 amide bonds. The fourth-order valence-electron chi connectivity index (χ4n) is 3.04. The number of nitrogens with one attached hydrogen (secondary N) is 1. The van der Waals surface area contributed by atoms with Crippen LogP contribution in [0.5, 0.6) is 0 Å². The maximum atomic E-state index is 12.4. The Bertz CT molecular complexity index is 745. The van der Waals surface area contributed by atoms with E-state index in [-0.39, 0.29) is 6.03 Å². The van der Waals surface area contributed by atoms with E-state index in [0.29, 0.717) is 0 Å². The van der Waals surface area contributed by atoms with Gasteiger partial charge in [0.05, 0.1) is 0 Å². The third kappa shape index (κ3) is 4.10. The van der Waals surface area contributed by atoms with Gasteiger partial charge in [-0.05, 0) is 68.1 Å². The Morgan fingerprint density at radius 2 is 1.84 bits per heavy atom.